The Bertz CT molecular complexity index is 634. The zero-order valence-electron chi connectivity index (χ0n) is 16.3. The summed E-state index contributed by atoms with van der Waals surface area (Å²) in [4.78, 5) is 18.1. The Morgan fingerprint density at radius 2 is 2.07 bits per heavy atom. The summed E-state index contributed by atoms with van der Waals surface area (Å²) in [6.45, 7) is 2.58. The van der Waals surface area contributed by atoms with Crippen molar-refractivity contribution >= 4 is 35.8 Å². The molecule has 0 radical (unpaired) electrons. The number of likely N-dealkylation sites (tertiary alicyclic amines) is 1. The second-order valence-electron chi connectivity index (χ2n) is 6.57. The Morgan fingerprint density at radius 3 is 2.67 bits per heavy atom. The third-order valence-corrected chi connectivity index (χ3v) is 4.74. The lowest BCUT2D eigenvalue weighted by Gasteiger charge is -2.34. The first-order valence-electron chi connectivity index (χ1n) is 8.99. The van der Waals surface area contributed by atoms with Gasteiger partial charge < -0.3 is 20.3 Å². The summed E-state index contributed by atoms with van der Waals surface area (Å²) in [7, 11) is 5.00. The molecular formula is C19H30FIN4O2. The number of rotatable bonds is 6. The monoisotopic (exact) mass is 492 g/mol. The average molecular weight is 492 g/mol. The molecule has 1 aromatic rings. The van der Waals surface area contributed by atoms with Gasteiger partial charge in [0.1, 0.15) is 5.82 Å². The van der Waals surface area contributed by atoms with Crippen LogP contribution in [0.3, 0.4) is 0 Å². The van der Waals surface area contributed by atoms with Crippen molar-refractivity contribution in [2.75, 3.05) is 34.3 Å². The number of nitrogens with zero attached hydrogens (tertiary/aromatic N) is 2. The molecule has 0 unspecified atom stereocenters. The summed E-state index contributed by atoms with van der Waals surface area (Å²) in [5.74, 6) is 1.12. The van der Waals surface area contributed by atoms with Crippen molar-refractivity contribution in [2.45, 2.75) is 32.4 Å². The SMILES string of the molecule is CN=C(NCc1ccc(F)c(COC)c1)N1CCC(CC(=O)NC)CC1.I. The lowest BCUT2D eigenvalue weighted by atomic mass is 9.93. The van der Waals surface area contributed by atoms with Crippen molar-refractivity contribution in [1.29, 1.82) is 0 Å². The third kappa shape index (κ3) is 7.25. The largest absolute Gasteiger partial charge is 0.380 e. The van der Waals surface area contributed by atoms with E-state index in [1.54, 1.807) is 27.3 Å². The highest BCUT2D eigenvalue weighted by Crippen LogP contribution is 2.20. The molecule has 1 saturated heterocycles. The highest BCUT2D eigenvalue weighted by Gasteiger charge is 2.23. The number of ether oxygens (including phenoxy) is 1. The minimum Gasteiger partial charge on any atom is -0.380 e. The number of amides is 1. The fourth-order valence-electron chi connectivity index (χ4n) is 3.23. The molecule has 1 aromatic carbocycles. The molecule has 0 aromatic heterocycles. The molecule has 6 nitrogen and oxygen atoms in total. The van der Waals surface area contributed by atoms with Crippen LogP contribution in [0.4, 0.5) is 4.39 Å². The maximum Gasteiger partial charge on any atom is 0.220 e. The number of benzene rings is 1. The van der Waals surface area contributed by atoms with Gasteiger partial charge in [-0.25, -0.2) is 4.39 Å². The molecule has 1 amide bonds. The number of hydrogen-bond donors (Lipinski definition) is 2. The molecule has 0 aliphatic carbocycles. The van der Waals surface area contributed by atoms with Crippen LogP contribution in [0.15, 0.2) is 23.2 Å². The van der Waals surface area contributed by atoms with Gasteiger partial charge in [-0.15, -0.1) is 24.0 Å². The van der Waals surface area contributed by atoms with E-state index in [1.165, 1.54) is 6.07 Å². The number of methoxy groups -OCH3 is 1. The molecule has 1 fully saturated rings. The minimum atomic E-state index is -0.252. The van der Waals surface area contributed by atoms with E-state index in [-0.39, 0.29) is 42.3 Å². The molecule has 0 saturated carbocycles. The number of carbonyl (C=O) groups excluding carboxylic acids is 1. The molecule has 1 aliphatic rings. The van der Waals surface area contributed by atoms with Crippen LogP contribution in [0.2, 0.25) is 0 Å². The summed E-state index contributed by atoms with van der Waals surface area (Å²) >= 11 is 0. The second kappa shape index (κ2) is 12.1. The molecular weight excluding hydrogens is 462 g/mol. The van der Waals surface area contributed by atoms with E-state index in [1.807, 2.05) is 6.07 Å². The highest BCUT2D eigenvalue weighted by atomic mass is 127. The highest BCUT2D eigenvalue weighted by molar-refractivity contribution is 14.0. The van der Waals surface area contributed by atoms with Gasteiger partial charge in [-0.05, 0) is 36.5 Å². The van der Waals surface area contributed by atoms with Crippen molar-refractivity contribution in [3.63, 3.8) is 0 Å². The molecule has 0 bridgehead atoms. The maximum absolute atomic E-state index is 13.7. The van der Waals surface area contributed by atoms with Crippen LogP contribution in [0.25, 0.3) is 0 Å². The molecule has 152 valence electrons. The summed E-state index contributed by atoms with van der Waals surface area (Å²) in [6, 6.07) is 5.05. The van der Waals surface area contributed by atoms with Crippen LogP contribution >= 0.6 is 24.0 Å². The Labute approximate surface area is 178 Å². The normalized spacial score (nSPS) is 15.3. The zero-order valence-corrected chi connectivity index (χ0v) is 18.6. The Kier molecular flexibility index (Phi) is 10.6. The maximum atomic E-state index is 13.7. The predicted octanol–water partition coefficient (Wildman–Crippen LogP) is 2.51. The van der Waals surface area contributed by atoms with Crippen molar-refractivity contribution in [1.82, 2.24) is 15.5 Å². The standard InChI is InChI=1S/C19H29FN4O2.HI/c1-21-18(25)11-14-6-8-24(9-7-14)19(22-2)23-12-15-4-5-17(20)16(10-15)13-26-3;/h4-5,10,14H,6-9,11-13H2,1-3H3,(H,21,25)(H,22,23);1H. The first kappa shape index (κ1) is 23.6. The van der Waals surface area contributed by atoms with Gasteiger partial charge in [0.05, 0.1) is 6.61 Å². The zero-order chi connectivity index (χ0) is 18.9. The van der Waals surface area contributed by atoms with Crippen molar-refractivity contribution in [3.8, 4) is 0 Å². The van der Waals surface area contributed by atoms with Crippen LogP contribution in [0.5, 0.6) is 0 Å². The van der Waals surface area contributed by atoms with Gasteiger partial charge in [0.25, 0.3) is 0 Å². The van der Waals surface area contributed by atoms with Crippen molar-refractivity contribution < 1.29 is 13.9 Å². The van der Waals surface area contributed by atoms with Gasteiger partial charge in [0, 0.05) is 52.8 Å². The number of guanidine groups is 1. The van der Waals surface area contributed by atoms with E-state index in [4.69, 9.17) is 4.74 Å². The molecule has 2 rings (SSSR count). The average Bonchev–Trinajstić information content (AvgIpc) is 2.66. The number of aliphatic imine (C=N–C) groups is 1. The van der Waals surface area contributed by atoms with Gasteiger partial charge in [0.2, 0.25) is 5.91 Å². The van der Waals surface area contributed by atoms with Gasteiger partial charge in [0.15, 0.2) is 5.96 Å². The van der Waals surface area contributed by atoms with E-state index >= 15 is 0 Å². The van der Waals surface area contributed by atoms with E-state index in [0.29, 0.717) is 24.4 Å². The van der Waals surface area contributed by atoms with Crippen LogP contribution in [-0.2, 0) is 22.7 Å². The lowest BCUT2D eigenvalue weighted by Crippen LogP contribution is -2.45. The summed E-state index contributed by atoms with van der Waals surface area (Å²) < 4.78 is 18.7. The topological polar surface area (TPSA) is 66.0 Å². The fourth-order valence-corrected chi connectivity index (χ4v) is 3.23. The smallest absolute Gasteiger partial charge is 0.220 e. The number of piperidine rings is 1. The van der Waals surface area contributed by atoms with Crippen LogP contribution < -0.4 is 10.6 Å². The second-order valence-corrected chi connectivity index (χ2v) is 6.57. The molecule has 1 heterocycles. The van der Waals surface area contributed by atoms with E-state index in [0.717, 1.165) is 37.5 Å². The van der Waals surface area contributed by atoms with E-state index in [2.05, 4.69) is 20.5 Å². The van der Waals surface area contributed by atoms with Gasteiger partial charge in [-0.1, -0.05) is 6.07 Å². The summed E-state index contributed by atoms with van der Waals surface area (Å²) in [5.41, 5.74) is 1.53. The number of halogens is 2. The van der Waals surface area contributed by atoms with E-state index < -0.39 is 0 Å². The molecule has 8 heteroatoms. The third-order valence-electron chi connectivity index (χ3n) is 4.74. The van der Waals surface area contributed by atoms with E-state index in [9.17, 15) is 9.18 Å². The Balaban J connectivity index is 0.00000364. The minimum absolute atomic E-state index is 0. The quantitative estimate of drug-likeness (QED) is 0.364. The number of carbonyl (C=O) groups is 1. The van der Waals surface area contributed by atoms with Crippen molar-refractivity contribution in [3.05, 3.63) is 35.1 Å². The Hall–Kier alpha value is -1.42. The molecule has 1 aliphatic heterocycles. The molecule has 0 atom stereocenters. The summed E-state index contributed by atoms with van der Waals surface area (Å²) in [5, 5.41) is 6.03. The van der Waals surface area contributed by atoms with Gasteiger partial charge >= 0.3 is 0 Å². The van der Waals surface area contributed by atoms with Crippen LogP contribution in [0.1, 0.15) is 30.4 Å². The van der Waals surface area contributed by atoms with Gasteiger partial charge in [-0.2, -0.15) is 0 Å². The predicted molar refractivity (Wildman–Crippen MR) is 116 cm³/mol. The number of hydrogen-bond acceptors (Lipinski definition) is 3. The Morgan fingerprint density at radius 1 is 1.37 bits per heavy atom. The van der Waals surface area contributed by atoms with Crippen LogP contribution in [0, 0.1) is 11.7 Å². The molecule has 0 spiro atoms. The fraction of sp³-hybridized carbons (Fsp3) is 0.579. The molecule has 27 heavy (non-hydrogen) atoms. The molecule has 2 N–H and O–H groups in total. The van der Waals surface area contributed by atoms with Crippen LogP contribution in [-0.4, -0.2) is 51.1 Å². The van der Waals surface area contributed by atoms with Crippen molar-refractivity contribution in [2.24, 2.45) is 10.9 Å². The van der Waals surface area contributed by atoms with Gasteiger partial charge in [-0.3, -0.25) is 9.79 Å². The first-order chi connectivity index (χ1) is 12.6. The number of nitrogens with one attached hydrogen (secondary N) is 2. The lowest BCUT2D eigenvalue weighted by molar-refractivity contribution is -0.121. The summed E-state index contributed by atoms with van der Waals surface area (Å²) in [6.07, 6.45) is 2.54. The first-order valence-corrected chi connectivity index (χ1v) is 8.99.